The fourth-order valence-corrected chi connectivity index (χ4v) is 8.86. The van der Waals surface area contributed by atoms with Crippen LogP contribution in [-0.2, 0) is 0 Å². The molecular formula is C48H30N4O. The summed E-state index contributed by atoms with van der Waals surface area (Å²) in [5.41, 5.74) is 12.0. The van der Waals surface area contributed by atoms with Crippen molar-refractivity contribution in [1.29, 1.82) is 0 Å². The normalized spacial score (nSPS) is 12.2. The number of hydrogen-bond donors (Lipinski definition) is 0. The number of nitrogens with zero attached hydrogens (tertiary/aromatic N) is 4. The topological polar surface area (TPSA) is 40.8 Å². The number of benzene rings is 7. The number of hydrogen-bond acceptors (Lipinski definition) is 2. The molecule has 0 aliphatic carbocycles. The lowest BCUT2D eigenvalue weighted by Crippen LogP contribution is -1.97. The quantitative estimate of drug-likeness (QED) is 0.187. The summed E-state index contributed by atoms with van der Waals surface area (Å²) in [6, 6.07) is 56.8. The van der Waals surface area contributed by atoms with Gasteiger partial charge in [0.05, 0.1) is 33.1 Å². The summed E-state index contributed by atoms with van der Waals surface area (Å²) in [5, 5.41) is 9.46. The highest BCUT2D eigenvalue weighted by Crippen LogP contribution is 2.40. The summed E-state index contributed by atoms with van der Waals surface area (Å²) in [6.45, 7) is 2.14. The van der Waals surface area contributed by atoms with Crippen LogP contribution in [0.5, 0.6) is 0 Å². The van der Waals surface area contributed by atoms with Crippen LogP contribution in [0.2, 0.25) is 0 Å². The molecule has 7 aromatic carbocycles. The van der Waals surface area contributed by atoms with E-state index in [1.54, 1.807) is 0 Å². The zero-order chi connectivity index (χ0) is 34.8. The van der Waals surface area contributed by atoms with E-state index in [1.807, 2.05) is 6.20 Å². The van der Waals surface area contributed by atoms with Gasteiger partial charge in [0.2, 0.25) is 0 Å². The zero-order valence-electron chi connectivity index (χ0n) is 28.8. The maximum absolute atomic E-state index is 6.71. The number of pyridine rings is 1. The Morgan fingerprint density at radius 1 is 0.396 bits per heavy atom. The Morgan fingerprint density at radius 3 is 1.55 bits per heavy atom. The second-order valence-electron chi connectivity index (χ2n) is 14.1. The molecule has 0 spiro atoms. The lowest BCUT2D eigenvalue weighted by molar-refractivity contribution is 0.663. The van der Waals surface area contributed by atoms with E-state index in [1.165, 1.54) is 48.9 Å². The van der Waals surface area contributed by atoms with E-state index in [0.717, 1.165) is 61.2 Å². The third kappa shape index (κ3) is 3.88. The zero-order valence-corrected chi connectivity index (χ0v) is 28.8. The van der Waals surface area contributed by atoms with Crippen LogP contribution in [0.3, 0.4) is 0 Å². The van der Waals surface area contributed by atoms with Crippen molar-refractivity contribution in [3.63, 3.8) is 0 Å². The molecule has 0 bridgehead atoms. The SMILES string of the molecule is Cc1ccc2c3ccccc3n(-c3nccc4c3oc3ccc(-n5c6ccccc6c6cc(-n7c8ccccc8c8ccccc87)ccc65)cc34)c2c1. The molecular weight excluding hydrogens is 649 g/mol. The Kier molecular flexibility index (Phi) is 5.64. The van der Waals surface area contributed by atoms with E-state index in [2.05, 4.69) is 178 Å². The van der Waals surface area contributed by atoms with Gasteiger partial charge in [-0.1, -0.05) is 84.9 Å². The first kappa shape index (κ1) is 28.6. The summed E-state index contributed by atoms with van der Waals surface area (Å²) >= 11 is 0. The fourth-order valence-electron chi connectivity index (χ4n) is 8.86. The Hall–Kier alpha value is -7.11. The van der Waals surface area contributed by atoms with Crippen molar-refractivity contribution in [3.05, 3.63) is 169 Å². The molecule has 12 aromatic rings. The summed E-state index contributed by atoms with van der Waals surface area (Å²) in [7, 11) is 0. The van der Waals surface area contributed by atoms with Crippen molar-refractivity contribution in [3.8, 4) is 17.2 Å². The van der Waals surface area contributed by atoms with Crippen molar-refractivity contribution < 1.29 is 4.42 Å². The van der Waals surface area contributed by atoms with Gasteiger partial charge in [0, 0.05) is 60.7 Å². The van der Waals surface area contributed by atoms with Crippen molar-refractivity contribution >= 4 is 87.4 Å². The summed E-state index contributed by atoms with van der Waals surface area (Å²) < 4.78 is 13.7. The Balaban J connectivity index is 1.08. The van der Waals surface area contributed by atoms with Crippen LogP contribution in [0.25, 0.3) is 105 Å². The first-order valence-electron chi connectivity index (χ1n) is 18.0. The highest BCUT2D eigenvalue weighted by Gasteiger charge is 2.21. The molecule has 0 atom stereocenters. The number of fused-ring (bicyclic) bond motifs is 12. The number of rotatable bonds is 3. The third-order valence-corrected chi connectivity index (χ3v) is 11.1. The van der Waals surface area contributed by atoms with Crippen LogP contribution < -0.4 is 0 Å². The lowest BCUT2D eigenvalue weighted by atomic mass is 10.1. The van der Waals surface area contributed by atoms with Crippen molar-refractivity contribution in [2.45, 2.75) is 6.92 Å². The minimum absolute atomic E-state index is 0.779. The molecule has 5 aromatic heterocycles. The second-order valence-corrected chi connectivity index (χ2v) is 14.1. The van der Waals surface area contributed by atoms with E-state index in [0.29, 0.717) is 0 Å². The third-order valence-electron chi connectivity index (χ3n) is 11.1. The Bertz CT molecular complexity index is 3430. The fraction of sp³-hybridized carbons (Fsp3) is 0.0208. The van der Waals surface area contributed by atoms with Crippen LogP contribution in [0.1, 0.15) is 5.56 Å². The van der Waals surface area contributed by atoms with Gasteiger partial charge in [0.1, 0.15) is 5.58 Å². The predicted molar refractivity (Wildman–Crippen MR) is 219 cm³/mol. The van der Waals surface area contributed by atoms with Gasteiger partial charge >= 0.3 is 0 Å². The highest BCUT2D eigenvalue weighted by atomic mass is 16.3. The number of aromatic nitrogens is 4. The van der Waals surface area contributed by atoms with Crippen LogP contribution >= 0.6 is 0 Å². The van der Waals surface area contributed by atoms with Gasteiger partial charge < -0.3 is 13.6 Å². The summed E-state index contributed by atoms with van der Waals surface area (Å²) in [6.07, 6.45) is 1.91. The van der Waals surface area contributed by atoms with Gasteiger partial charge in [-0.05, 0) is 85.3 Å². The van der Waals surface area contributed by atoms with E-state index in [4.69, 9.17) is 9.40 Å². The van der Waals surface area contributed by atoms with Gasteiger partial charge in [-0.2, -0.15) is 0 Å². The van der Waals surface area contributed by atoms with E-state index in [-0.39, 0.29) is 0 Å². The molecule has 0 aliphatic rings. The molecule has 0 aliphatic heterocycles. The van der Waals surface area contributed by atoms with Crippen LogP contribution in [-0.4, -0.2) is 18.7 Å². The maximum atomic E-state index is 6.71. The molecule has 53 heavy (non-hydrogen) atoms. The number of furan rings is 1. The van der Waals surface area contributed by atoms with Crippen molar-refractivity contribution in [2.75, 3.05) is 0 Å². The van der Waals surface area contributed by atoms with Gasteiger partial charge in [0.15, 0.2) is 11.4 Å². The molecule has 0 N–H and O–H groups in total. The minimum atomic E-state index is 0.779. The van der Waals surface area contributed by atoms with E-state index in [9.17, 15) is 0 Å². The molecule has 5 heterocycles. The van der Waals surface area contributed by atoms with Gasteiger partial charge in [-0.15, -0.1) is 0 Å². The molecule has 5 nitrogen and oxygen atoms in total. The Morgan fingerprint density at radius 2 is 0.906 bits per heavy atom. The molecule has 0 radical (unpaired) electrons. The smallest absolute Gasteiger partial charge is 0.181 e. The average Bonchev–Trinajstić information content (AvgIpc) is 3.94. The average molecular weight is 679 g/mol. The van der Waals surface area contributed by atoms with Gasteiger partial charge in [-0.3, -0.25) is 4.57 Å². The molecule has 12 rings (SSSR count). The van der Waals surface area contributed by atoms with Crippen molar-refractivity contribution in [1.82, 2.24) is 18.7 Å². The van der Waals surface area contributed by atoms with Crippen LogP contribution in [0, 0.1) is 6.92 Å². The minimum Gasteiger partial charge on any atom is -0.452 e. The molecule has 5 heteroatoms. The molecule has 0 amide bonds. The highest BCUT2D eigenvalue weighted by molar-refractivity contribution is 6.14. The monoisotopic (exact) mass is 678 g/mol. The number of para-hydroxylation sites is 4. The van der Waals surface area contributed by atoms with Crippen LogP contribution in [0.4, 0.5) is 0 Å². The first-order chi connectivity index (χ1) is 26.2. The summed E-state index contributed by atoms with van der Waals surface area (Å²) in [4.78, 5) is 4.96. The summed E-state index contributed by atoms with van der Waals surface area (Å²) in [5.74, 6) is 0.798. The van der Waals surface area contributed by atoms with E-state index >= 15 is 0 Å². The van der Waals surface area contributed by atoms with E-state index < -0.39 is 0 Å². The second kappa shape index (κ2) is 10.5. The van der Waals surface area contributed by atoms with Crippen LogP contribution in [0.15, 0.2) is 168 Å². The maximum Gasteiger partial charge on any atom is 0.181 e. The molecule has 0 saturated carbocycles. The lowest BCUT2D eigenvalue weighted by Gasteiger charge is -2.10. The number of aryl methyl sites for hydroxylation is 1. The van der Waals surface area contributed by atoms with Crippen molar-refractivity contribution in [2.24, 2.45) is 0 Å². The van der Waals surface area contributed by atoms with Gasteiger partial charge in [0.25, 0.3) is 0 Å². The predicted octanol–water partition coefficient (Wildman–Crippen LogP) is 12.6. The molecule has 0 saturated heterocycles. The van der Waals surface area contributed by atoms with Gasteiger partial charge in [-0.25, -0.2) is 4.98 Å². The molecule has 0 unspecified atom stereocenters. The molecule has 248 valence electrons. The first-order valence-corrected chi connectivity index (χ1v) is 18.0. The largest absolute Gasteiger partial charge is 0.452 e. The standard InChI is InChI=1S/C48H30N4O/c1-29-18-21-36-34-12-4-9-17-43(34)52(45(36)26-29)48-47-37(24-25-49-48)39-28-31(20-23-46(39)53-47)51-42-16-8-5-13-35(42)38-27-30(19-22-44(38)51)50-40-14-6-2-10-32(40)33-11-3-7-15-41(33)50/h2-28H,1H3. The Labute approximate surface area is 303 Å². The molecule has 0 fully saturated rings.